The number of anilines is 1. The average molecular weight is 381 g/mol. The fraction of sp³-hybridized carbons (Fsp3) is 0. The molecular weight excluding hydrogens is 372 g/mol. The van der Waals surface area contributed by atoms with Crippen molar-refractivity contribution < 1.29 is 14.6 Å². The van der Waals surface area contributed by atoms with Crippen LogP contribution >= 0.6 is 23.8 Å². The van der Waals surface area contributed by atoms with E-state index in [4.69, 9.17) is 23.8 Å². The van der Waals surface area contributed by atoms with Crippen LogP contribution in [-0.4, -0.2) is 20.9 Å². The Morgan fingerprint density at radius 1 is 1.04 bits per heavy atom. The van der Waals surface area contributed by atoms with E-state index in [1.54, 1.807) is 24.3 Å². The summed E-state index contributed by atoms with van der Waals surface area (Å²) in [5.41, 5.74) is -0.903. The maximum absolute atomic E-state index is 12.2. The molecule has 2 aromatic rings. The quantitative estimate of drug-likeness (QED) is 0.473. The molecule has 2 N–H and O–H groups in total. The Morgan fingerprint density at radius 3 is 2.16 bits per heavy atom. The minimum atomic E-state index is -0.827. The van der Waals surface area contributed by atoms with Gasteiger partial charge >= 0.3 is 0 Å². The molecule has 0 radical (unpaired) electrons. The average Bonchev–Trinajstić information content (AvgIpc) is 2.54. The molecule has 1 amide bonds. The molecule has 2 aromatic carbocycles. The third kappa shape index (κ3) is 4.93. The second-order valence-electron chi connectivity index (χ2n) is 4.67. The van der Waals surface area contributed by atoms with Crippen molar-refractivity contribution in [1.29, 1.82) is 0 Å². The Hall–Kier alpha value is -3.11. The van der Waals surface area contributed by atoms with Gasteiger partial charge in [0.05, 0.1) is 21.5 Å². The first-order valence-corrected chi connectivity index (χ1v) is 7.36. The first-order chi connectivity index (χ1) is 11.8. The first kappa shape index (κ1) is 18.2. The van der Waals surface area contributed by atoms with Gasteiger partial charge in [-0.3, -0.25) is 30.3 Å². The van der Waals surface area contributed by atoms with E-state index in [1.807, 2.05) is 0 Å². The number of hydrogen-bond donors (Lipinski definition) is 2. The Morgan fingerprint density at radius 2 is 1.64 bits per heavy atom. The maximum atomic E-state index is 12.2. The lowest BCUT2D eigenvalue weighted by atomic mass is 10.1. The van der Waals surface area contributed by atoms with Crippen molar-refractivity contribution in [3.8, 4) is 0 Å². The van der Waals surface area contributed by atoms with Crippen molar-refractivity contribution in [2.24, 2.45) is 0 Å². The number of nitro benzene ring substituents is 2. The molecule has 0 saturated heterocycles. The van der Waals surface area contributed by atoms with Gasteiger partial charge in [0.2, 0.25) is 0 Å². The van der Waals surface area contributed by atoms with Gasteiger partial charge in [-0.25, -0.2) is 0 Å². The fourth-order valence-corrected chi connectivity index (χ4v) is 2.24. The summed E-state index contributed by atoms with van der Waals surface area (Å²) in [7, 11) is 0. The number of nitrogens with one attached hydrogen (secondary N) is 2. The van der Waals surface area contributed by atoms with Crippen LogP contribution in [-0.2, 0) is 0 Å². The number of carbonyl (C=O) groups is 1. The lowest BCUT2D eigenvalue weighted by Crippen LogP contribution is -2.34. The van der Waals surface area contributed by atoms with Gasteiger partial charge in [0.15, 0.2) is 5.11 Å². The second-order valence-corrected chi connectivity index (χ2v) is 5.52. The highest BCUT2D eigenvalue weighted by Crippen LogP contribution is 2.22. The Balaban J connectivity index is 2.18. The molecule has 0 saturated carbocycles. The van der Waals surface area contributed by atoms with Crippen LogP contribution in [0.3, 0.4) is 0 Å². The largest absolute Gasteiger partial charge is 0.332 e. The SMILES string of the molecule is O=C(NC(=S)Nc1cccc(Cl)c1)c1cc([N+](=O)[O-])cc([N+](=O)[O-])c1. The van der Waals surface area contributed by atoms with Crippen molar-refractivity contribution >= 4 is 51.9 Å². The summed E-state index contributed by atoms with van der Waals surface area (Å²) in [6.45, 7) is 0. The predicted molar refractivity (Wildman–Crippen MR) is 94.9 cm³/mol. The molecule has 0 aliphatic carbocycles. The van der Waals surface area contributed by atoms with Crippen molar-refractivity contribution in [2.45, 2.75) is 0 Å². The number of thiocarbonyl (C=S) groups is 1. The minimum Gasteiger partial charge on any atom is -0.332 e. The number of nitro groups is 2. The summed E-state index contributed by atoms with van der Waals surface area (Å²) >= 11 is 10.8. The van der Waals surface area contributed by atoms with E-state index in [-0.39, 0.29) is 10.7 Å². The molecule has 9 nitrogen and oxygen atoms in total. The van der Waals surface area contributed by atoms with E-state index < -0.39 is 27.1 Å². The predicted octanol–water partition coefficient (Wildman–Crippen LogP) is 3.28. The molecular formula is C14H9ClN4O5S. The molecule has 0 spiro atoms. The zero-order chi connectivity index (χ0) is 18.6. The van der Waals surface area contributed by atoms with Gasteiger partial charge in [-0.05, 0) is 30.4 Å². The van der Waals surface area contributed by atoms with Crippen molar-refractivity contribution in [3.05, 3.63) is 73.3 Å². The molecule has 25 heavy (non-hydrogen) atoms. The van der Waals surface area contributed by atoms with Crippen LogP contribution in [0.2, 0.25) is 5.02 Å². The van der Waals surface area contributed by atoms with E-state index in [2.05, 4.69) is 10.6 Å². The lowest BCUT2D eigenvalue weighted by Gasteiger charge is -2.09. The first-order valence-electron chi connectivity index (χ1n) is 6.58. The summed E-state index contributed by atoms with van der Waals surface area (Å²) < 4.78 is 0. The van der Waals surface area contributed by atoms with Crippen molar-refractivity contribution in [3.63, 3.8) is 0 Å². The molecule has 0 aromatic heterocycles. The molecule has 0 aliphatic rings. The highest BCUT2D eigenvalue weighted by atomic mass is 35.5. The Kier molecular flexibility index (Phi) is 5.57. The van der Waals surface area contributed by atoms with E-state index in [1.165, 1.54) is 0 Å². The van der Waals surface area contributed by atoms with Gasteiger partial charge < -0.3 is 5.32 Å². The zero-order valence-electron chi connectivity index (χ0n) is 12.3. The van der Waals surface area contributed by atoms with Crippen LogP contribution < -0.4 is 10.6 Å². The fourth-order valence-electron chi connectivity index (χ4n) is 1.84. The molecule has 0 bridgehead atoms. The van der Waals surface area contributed by atoms with Gasteiger partial charge in [0, 0.05) is 22.8 Å². The molecule has 0 atom stereocenters. The van der Waals surface area contributed by atoms with Gasteiger partial charge in [-0.15, -0.1) is 0 Å². The molecule has 0 unspecified atom stereocenters. The highest BCUT2D eigenvalue weighted by Gasteiger charge is 2.20. The van der Waals surface area contributed by atoms with Crippen LogP contribution in [0.15, 0.2) is 42.5 Å². The van der Waals surface area contributed by atoms with Gasteiger partial charge in [0.25, 0.3) is 17.3 Å². The van der Waals surface area contributed by atoms with Gasteiger partial charge in [-0.2, -0.15) is 0 Å². The van der Waals surface area contributed by atoms with Crippen LogP contribution in [0.25, 0.3) is 0 Å². The Bertz CT molecular complexity index is 857. The van der Waals surface area contributed by atoms with Crippen molar-refractivity contribution in [1.82, 2.24) is 5.32 Å². The number of rotatable bonds is 4. The topological polar surface area (TPSA) is 127 Å². The van der Waals surface area contributed by atoms with Crippen molar-refractivity contribution in [2.75, 3.05) is 5.32 Å². The third-order valence-electron chi connectivity index (χ3n) is 2.90. The molecule has 2 rings (SSSR count). The summed E-state index contributed by atoms with van der Waals surface area (Å²) in [6.07, 6.45) is 0. The summed E-state index contributed by atoms with van der Waals surface area (Å²) in [6, 6.07) is 9.14. The minimum absolute atomic E-state index is 0.0959. The monoisotopic (exact) mass is 380 g/mol. The number of amides is 1. The van der Waals surface area contributed by atoms with E-state index in [0.29, 0.717) is 10.7 Å². The normalized spacial score (nSPS) is 9.96. The van der Waals surface area contributed by atoms with Crippen LogP contribution in [0.4, 0.5) is 17.1 Å². The highest BCUT2D eigenvalue weighted by molar-refractivity contribution is 7.80. The van der Waals surface area contributed by atoms with Gasteiger partial charge in [0.1, 0.15) is 0 Å². The second kappa shape index (κ2) is 7.64. The number of non-ortho nitro benzene ring substituents is 2. The summed E-state index contributed by atoms with van der Waals surface area (Å²) in [5, 5.41) is 27.0. The number of halogens is 1. The van der Waals surface area contributed by atoms with E-state index in [9.17, 15) is 25.0 Å². The van der Waals surface area contributed by atoms with Crippen LogP contribution in [0.1, 0.15) is 10.4 Å². The summed E-state index contributed by atoms with van der Waals surface area (Å²) in [5.74, 6) is -0.827. The standard InChI is InChI=1S/C14H9ClN4O5S/c15-9-2-1-3-10(6-9)16-14(25)17-13(20)8-4-11(18(21)22)7-12(5-8)19(23)24/h1-7H,(H2,16,17,20,25). The maximum Gasteiger partial charge on any atom is 0.277 e. The number of hydrogen-bond acceptors (Lipinski definition) is 6. The zero-order valence-corrected chi connectivity index (χ0v) is 13.8. The molecule has 0 aliphatic heterocycles. The third-order valence-corrected chi connectivity index (χ3v) is 3.34. The summed E-state index contributed by atoms with van der Waals surface area (Å²) in [4.78, 5) is 32.2. The number of benzene rings is 2. The Labute approximate surface area is 150 Å². The molecule has 0 fully saturated rings. The van der Waals surface area contributed by atoms with E-state index >= 15 is 0 Å². The van der Waals surface area contributed by atoms with Crippen LogP contribution in [0.5, 0.6) is 0 Å². The van der Waals surface area contributed by atoms with E-state index in [0.717, 1.165) is 18.2 Å². The molecule has 11 heteroatoms. The molecule has 128 valence electrons. The number of nitrogens with zero attached hydrogens (tertiary/aromatic N) is 2. The number of carbonyl (C=O) groups excluding carboxylic acids is 1. The van der Waals surface area contributed by atoms with Crippen LogP contribution in [0, 0.1) is 20.2 Å². The smallest absolute Gasteiger partial charge is 0.277 e. The van der Waals surface area contributed by atoms with Gasteiger partial charge in [-0.1, -0.05) is 17.7 Å². The lowest BCUT2D eigenvalue weighted by molar-refractivity contribution is -0.394. The molecule has 0 heterocycles.